The van der Waals surface area contributed by atoms with Gasteiger partial charge in [0.1, 0.15) is 0 Å². The van der Waals surface area contributed by atoms with Gasteiger partial charge in [-0.2, -0.15) is 0 Å². The number of amides is 2. The molecule has 1 rings (SSSR count). The highest BCUT2D eigenvalue weighted by molar-refractivity contribution is 5.89. The van der Waals surface area contributed by atoms with E-state index in [1.54, 1.807) is 0 Å². The second-order valence-electron chi connectivity index (χ2n) is 4.52. The molecule has 0 spiro atoms. The van der Waals surface area contributed by atoms with Crippen molar-refractivity contribution < 1.29 is 4.79 Å². The molecule has 0 aliphatic rings. The number of carbonyl (C=O) groups is 1. The van der Waals surface area contributed by atoms with Gasteiger partial charge in [0, 0.05) is 17.8 Å². The van der Waals surface area contributed by atoms with Crippen molar-refractivity contribution in [3.63, 3.8) is 0 Å². The molecule has 18 heavy (non-hydrogen) atoms. The summed E-state index contributed by atoms with van der Waals surface area (Å²) in [5.74, 6) is 0. The zero-order valence-corrected chi connectivity index (χ0v) is 11.4. The second kappa shape index (κ2) is 7.01. The van der Waals surface area contributed by atoms with Crippen LogP contribution in [-0.4, -0.2) is 12.1 Å². The molecule has 4 N–H and O–H groups in total. The van der Waals surface area contributed by atoms with Crippen LogP contribution in [0.1, 0.15) is 45.2 Å². The van der Waals surface area contributed by atoms with E-state index in [-0.39, 0.29) is 18.1 Å². The number of carbonyl (C=O) groups excluding carboxylic acids is 1. The minimum atomic E-state index is -0.155. The molecule has 1 aromatic carbocycles. The summed E-state index contributed by atoms with van der Waals surface area (Å²) in [6.07, 6.45) is 1.88. The third kappa shape index (κ3) is 4.37. The normalized spacial score (nSPS) is 12.3. The van der Waals surface area contributed by atoms with Crippen LogP contribution in [0.2, 0.25) is 0 Å². The van der Waals surface area contributed by atoms with Gasteiger partial charge >= 0.3 is 6.03 Å². The van der Waals surface area contributed by atoms with Crippen molar-refractivity contribution in [1.82, 2.24) is 5.32 Å². The van der Waals surface area contributed by atoms with Gasteiger partial charge in [0.2, 0.25) is 0 Å². The van der Waals surface area contributed by atoms with E-state index in [1.807, 2.05) is 31.2 Å². The Labute approximate surface area is 109 Å². The highest BCUT2D eigenvalue weighted by Crippen LogP contribution is 2.14. The third-order valence-electron chi connectivity index (χ3n) is 3.02. The van der Waals surface area contributed by atoms with Gasteiger partial charge in [0.05, 0.1) is 0 Å². The summed E-state index contributed by atoms with van der Waals surface area (Å²) in [7, 11) is 0. The Balaban J connectivity index is 2.54. The predicted molar refractivity (Wildman–Crippen MR) is 75.6 cm³/mol. The minimum Gasteiger partial charge on any atom is -0.335 e. The molecule has 100 valence electrons. The number of nitrogens with one attached hydrogen (secondary N) is 2. The lowest BCUT2D eigenvalue weighted by atomic mass is 10.1. The van der Waals surface area contributed by atoms with Gasteiger partial charge in [-0.05, 0) is 37.5 Å². The Morgan fingerprint density at radius 3 is 2.22 bits per heavy atom. The first-order chi connectivity index (χ1) is 8.56. The fraction of sp³-hybridized carbons (Fsp3) is 0.500. The lowest BCUT2D eigenvalue weighted by Gasteiger charge is -2.15. The van der Waals surface area contributed by atoms with Crippen LogP contribution in [-0.2, 0) is 0 Å². The van der Waals surface area contributed by atoms with Crippen molar-refractivity contribution in [2.24, 2.45) is 5.73 Å². The Morgan fingerprint density at radius 2 is 1.78 bits per heavy atom. The standard InChI is InChI=1S/C14H23N3O/c1-4-12(5-2)16-14(18)17-13-8-6-11(7-9-13)10(3)15/h6-10,12H,4-5,15H2,1-3H3,(H2,16,17,18). The molecular formula is C14H23N3O. The molecule has 4 heteroatoms. The Kier molecular flexibility index (Phi) is 5.65. The van der Waals surface area contributed by atoms with Gasteiger partial charge in [-0.3, -0.25) is 0 Å². The molecule has 1 aromatic rings. The number of benzene rings is 1. The maximum atomic E-state index is 11.7. The Bertz CT molecular complexity index is 369. The van der Waals surface area contributed by atoms with Crippen molar-refractivity contribution >= 4 is 11.7 Å². The van der Waals surface area contributed by atoms with Crippen LogP contribution in [0.4, 0.5) is 10.5 Å². The van der Waals surface area contributed by atoms with Crippen LogP contribution in [0.15, 0.2) is 24.3 Å². The quantitative estimate of drug-likeness (QED) is 0.751. The van der Waals surface area contributed by atoms with E-state index in [2.05, 4.69) is 24.5 Å². The molecule has 0 saturated carbocycles. The molecule has 0 aromatic heterocycles. The van der Waals surface area contributed by atoms with Gasteiger partial charge in [-0.1, -0.05) is 26.0 Å². The smallest absolute Gasteiger partial charge is 0.319 e. The summed E-state index contributed by atoms with van der Waals surface area (Å²) in [5, 5.41) is 5.74. The van der Waals surface area contributed by atoms with Crippen LogP contribution in [0.3, 0.4) is 0 Å². The van der Waals surface area contributed by atoms with Crippen molar-refractivity contribution in [3.8, 4) is 0 Å². The Morgan fingerprint density at radius 1 is 1.22 bits per heavy atom. The molecule has 0 aliphatic carbocycles. The fourth-order valence-corrected chi connectivity index (χ4v) is 1.72. The SMILES string of the molecule is CCC(CC)NC(=O)Nc1ccc(C(C)N)cc1. The number of urea groups is 1. The number of nitrogens with two attached hydrogens (primary N) is 1. The van der Waals surface area contributed by atoms with E-state index in [4.69, 9.17) is 5.73 Å². The number of anilines is 1. The van der Waals surface area contributed by atoms with Crippen LogP contribution in [0.5, 0.6) is 0 Å². The zero-order valence-electron chi connectivity index (χ0n) is 11.4. The van der Waals surface area contributed by atoms with E-state index >= 15 is 0 Å². The molecule has 4 nitrogen and oxygen atoms in total. The molecular weight excluding hydrogens is 226 g/mol. The second-order valence-corrected chi connectivity index (χ2v) is 4.52. The fourth-order valence-electron chi connectivity index (χ4n) is 1.72. The highest BCUT2D eigenvalue weighted by Gasteiger charge is 2.08. The Hall–Kier alpha value is -1.55. The summed E-state index contributed by atoms with van der Waals surface area (Å²) in [6, 6.07) is 7.67. The van der Waals surface area contributed by atoms with Crippen LogP contribution in [0, 0.1) is 0 Å². The molecule has 1 unspecified atom stereocenters. The molecule has 0 heterocycles. The third-order valence-corrected chi connectivity index (χ3v) is 3.02. The van der Waals surface area contributed by atoms with E-state index in [1.165, 1.54) is 0 Å². The summed E-state index contributed by atoms with van der Waals surface area (Å²) >= 11 is 0. The molecule has 0 radical (unpaired) electrons. The van der Waals surface area contributed by atoms with Crippen molar-refractivity contribution in [1.29, 1.82) is 0 Å². The van der Waals surface area contributed by atoms with Gasteiger partial charge < -0.3 is 16.4 Å². The summed E-state index contributed by atoms with van der Waals surface area (Å²) < 4.78 is 0. The van der Waals surface area contributed by atoms with Gasteiger partial charge in [-0.25, -0.2) is 4.79 Å². The average Bonchev–Trinajstić information content (AvgIpc) is 2.36. The lowest BCUT2D eigenvalue weighted by molar-refractivity contribution is 0.247. The van der Waals surface area contributed by atoms with Crippen molar-refractivity contribution in [3.05, 3.63) is 29.8 Å². The maximum absolute atomic E-state index is 11.7. The average molecular weight is 249 g/mol. The largest absolute Gasteiger partial charge is 0.335 e. The molecule has 0 bridgehead atoms. The first-order valence-electron chi connectivity index (χ1n) is 6.49. The van der Waals surface area contributed by atoms with Crippen molar-refractivity contribution in [2.75, 3.05) is 5.32 Å². The summed E-state index contributed by atoms with van der Waals surface area (Å²) in [6.45, 7) is 6.06. The molecule has 2 amide bonds. The summed E-state index contributed by atoms with van der Waals surface area (Å²) in [4.78, 5) is 11.7. The summed E-state index contributed by atoms with van der Waals surface area (Å²) in [5.41, 5.74) is 7.60. The monoisotopic (exact) mass is 249 g/mol. The van der Waals surface area contributed by atoms with Crippen molar-refractivity contribution in [2.45, 2.75) is 45.7 Å². The minimum absolute atomic E-state index is 0.0115. The van der Waals surface area contributed by atoms with Crippen LogP contribution >= 0.6 is 0 Å². The van der Waals surface area contributed by atoms with E-state index in [0.717, 1.165) is 24.1 Å². The number of hydrogen-bond donors (Lipinski definition) is 3. The number of hydrogen-bond acceptors (Lipinski definition) is 2. The van der Waals surface area contributed by atoms with E-state index in [0.29, 0.717) is 0 Å². The van der Waals surface area contributed by atoms with Gasteiger partial charge in [0.25, 0.3) is 0 Å². The lowest BCUT2D eigenvalue weighted by Crippen LogP contribution is -2.37. The van der Waals surface area contributed by atoms with Gasteiger partial charge in [-0.15, -0.1) is 0 Å². The predicted octanol–water partition coefficient (Wildman–Crippen LogP) is 3.02. The molecule has 0 fully saturated rings. The first-order valence-corrected chi connectivity index (χ1v) is 6.49. The topological polar surface area (TPSA) is 67.2 Å². The molecule has 0 aliphatic heterocycles. The van der Waals surface area contributed by atoms with E-state index < -0.39 is 0 Å². The highest BCUT2D eigenvalue weighted by atomic mass is 16.2. The zero-order chi connectivity index (χ0) is 13.5. The van der Waals surface area contributed by atoms with Crippen LogP contribution < -0.4 is 16.4 Å². The first kappa shape index (κ1) is 14.5. The number of rotatable bonds is 5. The maximum Gasteiger partial charge on any atom is 0.319 e. The van der Waals surface area contributed by atoms with Gasteiger partial charge in [0.15, 0.2) is 0 Å². The molecule has 1 atom stereocenters. The molecule has 0 saturated heterocycles. The van der Waals surface area contributed by atoms with E-state index in [9.17, 15) is 4.79 Å². The van der Waals surface area contributed by atoms with Crippen LogP contribution in [0.25, 0.3) is 0 Å².